The molecule has 0 radical (unpaired) electrons. The molecule has 2 fully saturated rings. The summed E-state index contributed by atoms with van der Waals surface area (Å²) in [6.45, 7) is 12.7. The lowest BCUT2D eigenvalue weighted by Gasteiger charge is -2.43. The molecule has 4 aliphatic rings. The highest BCUT2D eigenvalue weighted by atomic mass is 79.9. The third kappa shape index (κ3) is 13.6. The Balaban J connectivity index is 0.000000183. The number of carbonyl (C=O) groups excluding carboxylic acids is 2. The Morgan fingerprint density at radius 1 is 0.672 bits per heavy atom. The van der Waals surface area contributed by atoms with Crippen LogP contribution >= 0.6 is 66.7 Å². The number of carbonyl (C=O) groups is 4. The summed E-state index contributed by atoms with van der Waals surface area (Å²) in [5.41, 5.74) is 7.42. The number of aromatic nitrogens is 2. The number of aliphatic carboxylic acids is 2. The fraction of sp³-hybridized carbons (Fsp3) is 0.458. The molecule has 4 aromatic rings. The SMILES string of the molecule is CC(C)(C)OC(=O)N1CCN(C2c3ccc(Cl)cc3CCc3cc(Br)cnc32)CC1C(=O)O.CC(C)(C)OC(=O)N1CCNC[C@@H]1C(=O)O.Clc1ccc2c(c1)CCc1cc(Br)cnc1C2Cl. The molecule has 67 heavy (non-hydrogen) atoms. The molecular weight excluding hydrogens is 1050 g/mol. The molecular formula is C48H55Br2Cl3N6O8. The average Bonchev–Trinajstić information content (AvgIpc) is 3.49. The summed E-state index contributed by atoms with van der Waals surface area (Å²) in [6.07, 6.45) is 5.92. The third-order valence-corrected chi connectivity index (χ3v) is 13.2. The average molecular weight is 1110 g/mol. The van der Waals surface area contributed by atoms with E-state index < -0.39 is 47.4 Å². The molecule has 0 saturated carbocycles. The monoisotopic (exact) mass is 1110 g/mol. The van der Waals surface area contributed by atoms with Crippen molar-refractivity contribution >= 4 is 90.8 Å². The first-order chi connectivity index (χ1) is 31.5. The maximum absolute atomic E-state index is 12.7. The molecule has 360 valence electrons. The highest BCUT2D eigenvalue weighted by Crippen LogP contribution is 2.40. The molecule has 4 atom stereocenters. The van der Waals surface area contributed by atoms with E-state index in [1.54, 1.807) is 53.9 Å². The van der Waals surface area contributed by atoms with Crippen molar-refractivity contribution in [2.75, 3.05) is 39.3 Å². The number of hydrogen-bond acceptors (Lipinski definition) is 10. The van der Waals surface area contributed by atoms with Gasteiger partial charge in [0.2, 0.25) is 0 Å². The molecule has 2 saturated heterocycles. The lowest BCUT2D eigenvalue weighted by molar-refractivity contribution is -0.146. The van der Waals surface area contributed by atoms with Gasteiger partial charge in [0.05, 0.1) is 17.4 Å². The first kappa shape index (κ1) is 52.3. The van der Waals surface area contributed by atoms with Crippen molar-refractivity contribution in [3.8, 4) is 0 Å². The van der Waals surface area contributed by atoms with Gasteiger partial charge in [-0.3, -0.25) is 24.7 Å². The second-order valence-corrected chi connectivity index (χ2v) is 21.7. The van der Waals surface area contributed by atoms with E-state index in [1.165, 1.54) is 20.9 Å². The molecule has 0 bridgehead atoms. The number of ether oxygens (including phenoxy) is 2. The van der Waals surface area contributed by atoms with E-state index in [0.29, 0.717) is 24.7 Å². The predicted octanol–water partition coefficient (Wildman–Crippen LogP) is 9.90. The van der Waals surface area contributed by atoms with Crippen LogP contribution in [0, 0.1) is 0 Å². The molecule has 2 aromatic carbocycles. The summed E-state index contributed by atoms with van der Waals surface area (Å²) < 4.78 is 12.5. The van der Waals surface area contributed by atoms with Gasteiger partial charge in [-0.2, -0.15) is 0 Å². The summed E-state index contributed by atoms with van der Waals surface area (Å²) >= 11 is 25.9. The summed E-state index contributed by atoms with van der Waals surface area (Å²) in [5.74, 6) is -2.07. The molecule has 0 spiro atoms. The van der Waals surface area contributed by atoms with E-state index in [4.69, 9.17) is 54.4 Å². The van der Waals surface area contributed by atoms with E-state index in [9.17, 15) is 24.3 Å². The van der Waals surface area contributed by atoms with Crippen molar-refractivity contribution in [2.24, 2.45) is 0 Å². The number of piperazine rings is 2. The maximum Gasteiger partial charge on any atom is 0.411 e. The number of pyridine rings is 2. The molecule has 4 heterocycles. The number of nitrogens with one attached hydrogen (secondary N) is 1. The van der Waals surface area contributed by atoms with Gasteiger partial charge < -0.3 is 25.0 Å². The zero-order valence-electron chi connectivity index (χ0n) is 38.1. The van der Waals surface area contributed by atoms with Gasteiger partial charge >= 0.3 is 24.1 Å². The van der Waals surface area contributed by atoms with Crippen molar-refractivity contribution in [3.63, 3.8) is 0 Å². The number of hydrogen-bond donors (Lipinski definition) is 3. The Hall–Kier alpha value is -4.03. The minimum atomic E-state index is -1.06. The number of benzene rings is 2. The molecule has 19 heteroatoms. The van der Waals surface area contributed by atoms with E-state index >= 15 is 0 Å². The normalized spacial score (nSPS) is 20.3. The minimum absolute atomic E-state index is 0.165. The van der Waals surface area contributed by atoms with Crippen LogP contribution in [0.1, 0.15) is 97.7 Å². The number of aryl methyl sites for hydroxylation is 4. The highest BCUT2D eigenvalue weighted by molar-refractivity contribution is 9.10. The van der Waals surface area contributed by atoms with Crippen LogP contribution in [0.25, 0.3) is 0 Å². The Bertz CT molecular complexity index is 2380. The van der Waals surface area contributed by atoms with Gasteiger partial charge in [-0.15, -0.1) is 11.6 Å². The van der Waals surface area contributed by atoms with E-state index in [-0.39, 0.29) is 31.1 Å². The minimum Gasteiger partial charge on any atom is -0.480 e. The number of carboxylic acid groups (broad SMARTS) is 2. The van der Waals surface area contributed by atoms with Crippen LogP contribution in [0.3, 0.4) is 0 Å². The number of amides is 2. The largest absolute Gasteiger partial charge is 0.480 e. The van der Waals surface area contributed by atoms with Crippen molar-refractivity contribution in [2.45, 2.75) is 102 Å². The first-order valence-corrected chi connectivity index (χ1v) is 24.7. The zero-order valence-corrected chi connectivity index (χ0v) is 43.6. The third-order valence-electron chi connectivity index (χ3n) is 11.4. The van der Waals surface area contributed by atoms with Crippen LogP contribution in [0.4, 0.5) is 9.59 Å². The van der Waals surface area contributed by atoms with E-state index in [1.807, 2.05) is 36.4 Å². The number of fused-ring (bicyclic) bond motifs is 4. The molecule has 8 rings (SSSR count). The standard InChI is InChI=1S/C24H27BrClN3O4.C14H10BrCl2N.C10H18N2O4/c1-24(2,3)33-23(32)29-9-8-28(13-19(29)22(30)31)21-18-7-6-17(26)11-14(18)4-5-15-10-16(25)12-27-20(15)21;15-10-5-9-2-1-8-6-11(16)3-4-12(8)13(17)14(9)18-7-10;1-10(2,3)16-9(15)12-5-4-11-6-7(12)8(13)14/h6-7,10-12,19,21H,4-5,8-9,13H2,1-3H3,(H,30,31);3-7,13H,1-2H2;7,11H,4-6H2,1-3H3,(H,13,14)/t;;7-/m..1/s1. The van der Waals surface area contributed by atoms with Gasteiger partial charge in [-0.05, 0) is 169 Å². The molecule has 3 N–H and O–H groups in total. The summed E-state index contributed by atoms with van der Waals surface area (Å²) in [4.78, 5) is 61.5. The predicted molar refractivity (Wildman–Crippen MR) is 264 cm³/mol. The molecule has 2 aliphatic carbocycles. The van der Waals surface area contributed by atoms with Crippen LogP contribution in [0.5, 0.6) is 0 Å². The zero-order chi connectivity index (χ0) is 49.0. The Labute approximate surface area is 422 Å². The molecule has 2 aliphatic heterocycles. The van der Waals surface area contributed by atoms with Crippen molar-refractivity contribution in [1.29, 1.82) is 0 Å². The first-order valence-electron chi connectivity index (χ1n) is 21.9. The van der Waals surface area contributed by atoms with Crippen molar-refractivity contribution < 1.29 is 38.9 Å². The summed E-state index contributed by atoms with van der Waals surface area (Å²) in [5, 5.41) is 23.1. The van der Waals surface area contributed by atoms with Crippen LogP contribution < -0.4 is 5.32 Å². The van der Waals surface area contributed by atoms with Crippen LogP contribution in [-0.2, 0) is 44.7 Å². The highest BCUT2D eigenvalue weighted by Gasteiger charge is 2.42. The van der Waals surface area contributed by atoms with E-state index in [0.717, 1.165) is 73.3 Å². The summed E-state index contributed by atoms with van der Waals surface area (Å²) in [6, 6.07) is 13.8. The van der Waals surface area contributed by atoms with E-state index in [2.05, 4.69) is 59.2 Å². The van der Waals surface area contributed by atoms with Gasteiger partial charge in [0.15, 0.2) is 0 Å². The van der Waals surface area contributed by atoms with Crippen molar-refractivity contribution in [1.82, 2.24) is 30.0 Å². The number of alkyl halides is 1. The van der Waals surface area contributed by atoms with Gasteiger partial charge in [0, 0.05) is 70.7 Å². The molecule has 2 aromatic heterocycles. The van der Waals surface area contributed by atoms with Crippen molar-refractivity contribution in [3.05, 3.63) is 125 Å². The fourth-order valence-corrected chi connectivity index (χ4v) is 9.97. The smallest absolute Gasteiger partial charge is 0.411 e. The van der Waals surface area contributed by atoms with Gasteiger partial charge in [0.25, 0.3) is 0 Å². The number of rotatable bonds is 3. The quantitative estimate of drug-likeness (QED) is 0.166. The maximum atomic E-state index is 12.7. The fourth-order valence-electron chi connectivity index (χ4n) is 8.41. The number of carboxylic acids is 2. The molecule has 2 amide bonds. The summed E-state index contributed by atoms with van der Waals surface area (Å²) in [7, 11) is 0. The lowest BCUT2D eigenvalue weighted by atomic mass is 9.95. The van der Waals surface area contributed by atoms with Gasteiger partial charge in [-0.25, -0.2) is 19.2 Å². The topological polar surface area (TPSA) is 175 Å². The van der Waals surface area contributed by atoms with Gasteiger partial charge in [-0.1, -0.05) is 35.3 Å². The van der Waals surface area contributed by atoms with Crippen LogP contribution in [0.15, 0.2) is 69.9 Å². The Morgan fingerprint density at radius 3 is 1.69 bits per heavy atom. The Morgan fingerprint density at radius 2 is 1.15 bits per heavy atom. The van der Waals surface area contributed by atoms with Crippen LogP contribution in [-0.4, -0.2) is 122 Å². The lowest BCUT2D eigenvalue weighted by Crippen LogP contribution is -2.59. The number of halogens is 5. The molecule has 3 unspecified atom stereocenters. The van der Waals surface area contributed by atoms with Gasteiger partial charge in [0.1, 0.15) is 28.7 Å². The number of nitrogens with zero attached hydrogens (tertiary/aromatic N) is 5. The Kier molecular flexibility index (Phi) is 17.3. The second kappa shape index (κ2) is 22.2. The second-order valence-electron chi connectivity index (χ2n) is 18.6. The van der Waals surface area contributed by atoms with Crippen LogP contribution in [0.2, 0.25) is 10.0 Å². The molecule has 14 nitrogen and oxygen atoms in total.